The average molecular weight is 281 g/mol. The largest absolute Gasteiger partial charge is 0.462 e. The molecule has 0 amide bonds. The minimum Gasteiger partial charge on any atom is -0.462 e. The van der Waals surface area contributed by atoms with E-state index in [1.807, 2.05) is 36.4 Å². The van der Waals surface area contributed by atoms with Crippen LogP contribution in [0, 0.1) is 6.92 Å². The zero-order valence-electron chi connectivity index (χ0n) is 11.9. The molecule has 0 radical (unpaired) electrons. The van der Waals surface area contributed by atoms with E-state index in [4.69, 9.17) is 4.74 Å². The van der Waals surface area contributed by atoms with Crippen molar-refractivity contribution in [2.75, 3.05) is 6.61 Å². The number of carbonyl (C=O) groups is 1. The van der Waals surface area contributed by atoms with Crippen LogP contribution in [0.5, 0.6) is 0 Å². The predicted octanol–water partition coefficient (Wildman–Crippen LogP) is 3.17. The minimum absolute atomic E-state index is 0.188. The number of pyridine rings is 1. The quantitative estimate of drug-likeness (QED) is 0.580. The smallest absolute Gasteiger partial charge is 0.340 e. The molecular formula is C17H15NO3. The lowest BCUT2D eigenvalue weighted by Gasteiger charge is -2.10. The molecule has 1 heterocycles. The van der Waals surface area contributed by atoms with Crippen molar-refractivity contribution in [1.82, 2.24) is 4.98 Å². The van der Waals surface area contributed by atoms with Crippen molar-refractivity contribution in [3.63, 3.8) is 0 Å². The average Bonchev–Trinajstić information content (AvgIpc) is 2.46. The van der Waals surface area contributed by atoms with Gasteiger partial charge in [0.1, 0.15) is 0 Å². The fourth-order valence-corrected chi connectivity index (χ4v) is 2.69. The third-order valence-corrected chi connectivity index (χ3v) is 3.58. The van der Waals surface area contributed by atoms with Crippen LogP contribution in [0.3, 0.4) is 0 Å². The first-order valence-electron chi connectivity index (χ1n) is 6.85. The number of hydrogen-bond acceptors (Lipinski definition) is 3. The summed E-state index contributed by atoms with van der Waals surface area (Å²) in [7, 11) is 0. The SMILES string of the molecule is CCOC(=O)c1c(C)[nH]c(=O)c2c1ccc1ccccc12. The van der Waals surface area contributed by atoms with Crippen LogP contribution in [0.4, 0.5) is 0 Å². The van der Waals surface area contributed by atoms with Crippen molar-refractivity contribution >= 4 is 27.5 Å². The van der Waals surface area contributed by atoms with E-state index in [9.17, 15) is 9.59 Å². The van der Waals surface area contributed by atoms with Crippen LogP contribution < -0.4 is 5.56 Å². The van der Waals surface area contributed by atoms with Crippen molar-refractivity contribution in [2.45, 2.75) is 13.8 Å². The van der Waals surface area contributed by atoms with Crippen LogP contribution in [-0.4, -0.2) is 17.6 Å². The summed E-state index contributed by atoms with van der Waals surface area (Å²) in [6.07, 6.45) is 0. The Hall–Kier alpha value is -2.62. The van der Waals surface area contributed by atoms with Gasteiger partial charge < -0.3 is 9.72 Å². The molecule has 0 aliphatic rings. The van der Waals surface area contributed by atoms with Crippen molar-refractivity contribution in [3.05, 3.63) is 58.0 Å². The molecule has 0 bridgehead atoms. The van der Waals surface area contributed by atoms with E-state index < -0.39 is 5.97 Å². The van der Waals surface area contributed by atoms with Gasteiger partial charge in [-0.3, -0.25) is 4.79 Å². The Kier molecular flexibility index (Phi) is 3.22. The van der Waals surface area contributed by atoms with Crippen molar-refractivity contribution in [2.24, 2.45) is 0 Å². The molecule has 4 heteroatoms. The highest BCUT2D eigenvalue weighted by molar-refractivity contribution is 6.14. The maximum Gasteiger partial charge on any atom is 0.340 e. The number of aromatic amines is 1. The molecule has 3 rings (SSSR count). The molecule has 4 nitrogen and oxygen atoms in total. The summed E-state index contributed by atoms with van der Waals surface area (Å²) in [5.74, 6) is -0.411. The molecule has 1 aromatic heterocycles. The van der Waals surface area contributed by atoms with E-state index in [0.29, 0.717) is 28.6 Å². The number of nitrogens with one attached hydrogen (secondary N) is 1. The second kappa shape index (κ2) is 5.05. The number of benzene rings is 2. The number of esters is 1. The van der Waals surface area contributed by atoms with Crippen LogP contribution in [-0.2, 0) is 4.74 Å². The first kappa shape index (κ1) is 13.4. The summed E-state index contributed by atoms with van der Waals surface area (Å²) < 4.78 is 5.11. The number of aryl methyl sites for hydroxylation is 1. The first-order valence-corrected chi connectivity index (χ1v) is 6.85. The molecule has 3 aromatic rings. The van der Waals surface area contributed by atoms with Gasteiger partial charge in [0.25, 0.3) is 5.56 Å². The zero-order chi connectivity index (χ0) is 15.0. The van der Waals surface area contributed by atoms with Gasteiger partial charge in [0, 0.05) is 11.1 Å². The minimum atomic E-state index is -0.411. The molecule has 0 unspecified atom stereocenters. The number of hydrogen-bond donors (Lipinski definition) is 1. The number of aromatic nitrogens is 1. The summed E-state index contributed by atoms with van der Waals surface area (Å²) in [4.78, 5) is 27.3. The summed E-state index contributed by atoms with van der Waals surface area (Å²) >= 11 is 0. The fraction of sp³-hybridized carbons (Fsp3) is 0.176. The molecule has 0 aliphatic heterocycles. The van der Waals surface area contributed by atoms with E-state index in [0.717, 1.165) is 10.8 Å². The predicted molar refractivity (Wildman–Crippen MR) is 82.8 cm³/mol. The highest BCUT2D eigenvalue weighted by atomic mass is 16.5. The van der Waals surface area contributed by atoms with Gasteiger partial charge in [-0.05, 0) is 24.6 Å². The molecule has 0 atom stereocenters. The second-order valence-electron chi connectivity index (χ2n) is 4.88. The van der Waals surface area contributed by atoms with E-state index in [1.54, 1.807) is 13.8 Å². The van der Waals surface area contributed by atoms with Gasteiger partial charge >= 0.3 is 5.97 Å². The Morgan fingerprint density at radius 3 is 2.67 bits per heavy atom. The second-order valence-corrected chi connectivity index (χ2v) is 4.88. The number of fused-ring (bicyclic) bond motifs is 3. The van der Waals surface area contributed by atoms with E-state index >= 15 is 0 Å². The van der Waals surface area contributed by atoms with Crippen LogP contribution in [0.15, 0.2) is 41.2 Å². The van der Waals surface area contributed by atoms with Gasteiger partial charge in [-0.25, -0.2) is 4.79 Å². The monoisotopic (exact) mass is 281 g/mol. The third-order valence-electron chi connectivity index (χ3n) is 3.58. The topological polar surface area (TPSA) is 59.2 Å². The van der Waals surface area contributed by atoms with Gasteiger partial charge in [-0.15, -0.1) is 0 Å². The Balaban J connectivity index is 2.47. The number of H-pyrrole nitrogens is 1. The summed E-state index contributed by atoms with van der Waals surface area (Å²) in [5.41, 5.74) is 0.769. The van der Waals surface area contributed by atoms with E-state index in [1.165, 1.54) is 0 Å². The van der Waals surface area contributed by atoms with Gasteiger partial charge in [0.2, 0.25) is 0 Å². The van der Waals surface area contributed by atoms with E-state index in [2.05, 4.69) is 4.98 Å². The molecule has 2 aromatic carbocycles. The molecule has 0 saturated heterocycles. The maximum atomic E-state index is 12.3. The van der Waals surface area contributed by atoms with Crippen molar-refractivity contribution in [3.8, 4) is 0 Å². The summed E-state index contributed by atoms with van der Waals surface area (Å²) in [5, 5.41) is 2.96. The van der Waals surface area contributed by atoms with Crippen LogP contribution in [0.1, 0.15) is 23.0 Å². The Labute approximate surface area is 121 Å². The lowest BCUT2D eigenvalue weighted by molar-refractivity contribution is 0.0527. The molecule has 21 heavy (non-hydrogen) atoms. The normalized spacial score (nSPS) is 11.0. The van der Waals surface area contributed by atoms with Gasteiger partial charge in [0.15, 0.2) is 0 Å². The van der Waals surface area contributed by atoms with E-state index in [-0.39, 0.29) is 5.56 Å². The number of ether oxygens (including phenoxy) is 1. The molecule has 106 valence electrons. The molecule has 0 saturated carbocycles. The lowest BCUT2D eigenvalue weighted by Crippen LogP contribution is -2.16. The molecule has 1 N–H and O–H groups in total. The highest BCUT2D eigenvalue weighted by Crippen LogP contribution is 2.26. The zero-order valence-corrected chi connectivity index (χ0v) is 11.9. The Bertz CT molecular complexity index is 909. The molecule has 0 aliphatic carbocycles. The summed E-state index contributed by atoms with van der Waals surface area (Å²) in [6.45, 7) is 3.77. The Morgan fingerprint density at radius 2 is 1.90 bits per heavy atom. The third kappa shape index (κ3) is 2.09. The van der Waals surface area contributed by atoms with Crippen LogP contribution in [0.25, 0.3) is 21.5 Å². The number of rotatable bonds is 2. The fourth-order valence-electron chi connectivity index (χ4n) is 2.69. The van der Waals surface area contributed by atoms with Gasteiger partial charge in [0.05, 0.1) is 17.6 Å². The first-order chi connectivity index (χ1) is 10.1. The standard InChI is InChI=1S/C17H15NO3/c1-3-21-17(20)14-10(2)18-16(19)15-12-7-5-4-6-11(12)8-9-13(14)15/h4-9H,3H2,1-2H3,(H,18,19). The molecule has 0 spiro atoms. The van der Waals surface area contributed by atoms with Crippen molar-refractivity contribution in [1.29, 1.82) is 0 Å². The van der Waals surface area contributed by atoms with Gasteiger partial charge in [-0.2, -0.15) is 0 Å². The maximum absolute atomic E-state index is 12.3. The van der Waals surface area contributed by atoms with Gasteiger partial charge in [-0.1, -0.05) is 36.4 Å². The van der Waals surface area contributed by atoms with Crippen LogP contribution in [0.2, 0.25) is 0 Å². The lowest BCUT2D eigenvalue weighted by atomic mass is 9.99. The summed E-state index contributed by atoms with van der Waals surface area (Å²) in [6, 6.07) is 11.4. The molecule has 0 fully saturated rings. The highest BCUT2D eigenvalue weighted by Gasteiger charge is 2.18. The molecular weight excluding hydrogens is 266 g/mol. The van der Waals surface area contributed by atoms with Crippen molar-refractivity contribution < 1.29 is 9.53 Å². The Morgan fingerprint density at radius 1 is 1.14 bits per heavy atom. The van der Waals surface area contributed by atoms with Crippen LogP contribution >= 0.6 is 0 Å². The number of carbonyl (C=O) groups excluding carboxylic acids is 1.